The van der Waals surface area contributed by atoms with E-state index in [4.69, 9.17) is 9.47 Å². The van der Waals surface area contributed by atoms with Crippen LogP contribution in [0.4, 0.5) is 0 Å². The quantitative estimate of drug-likeness (QED) is 0.531. The van der Waals surface area contributed by atoms with Crippen molar-refractivity contribution in [3.63, 3.8) is 0 Å². The second-order valence-electron chi connectivity index (χ2n) is 6.12. The predicted octanol–water partition coefficient (Wildman–Crippen LogP) is 1.12. The minimum atomic E-state index is -1.34. The summed E-state index contributed by atoms with van der Waals surface area (Å²) < 4.78 is 10.8. The molecule has 20 heavy (non-hydrogen) atoms. The molecule has 1 aliphatic carbocycles. The fraction of sp³-hybridized carbons (Fsp3) is 0.600. The molecular formula is C15H18O5. The van der Waals surface area contributed by atoms with Crippen LogP contribution in [0.25, 0.3) is 0 Å². The fourth-order valence-corrected chi connectivity index (χ4v) is 3.70. The summed E-state index contributed by atoms with van der Waals surface area (Å²) in [4.78, 5) is 23.4. The summed E-state index contributed by atoms with van der Waals surface area (Å²) in [6.07, 6.45) is 3.42. The largest absolute Gasteiger partial charge is 0.454 e. The number of rotatable bonds is 0. The maximum atomic E-state index is 11.8. The minimum Gasteiger partial charge on any atom is -0.454 e. The first-order valence-electron chi connectivity index (χ1n) is 6.84. The van der Waals surface area contributed by atoms with Gasteiger partial charge in [-0.2, -0.15) is 0 Å². The molecule has 3 aliphatic rings. The second-order valence-corrected chi connectivity index (χ2v) is 6.12. The van der Waals surface area contributed by atoms with Gasteiger partial charge in [-0.15, -0.1) is 0 Å². The van der Waals surface area contributed by atoms with Crippen molar-refractivity contribution in [2.75, 3.05) is 0 Å². The minimum absolute atomic E-state index is 0.117. The molecule has 3 rings (SSSR count). The third-order valence-electron chi connectivity index (χ3n) is 5.10. The summed E-state index contributed by atoms with van der Waals surface area (Å²) >= 11 is 0. The third-order valence-corrected chi connectivity index (χ3v) is 5.10. The molecule has 2 heterocycles. The van der Waals surface area contributed by atoms with E-state index >= 15 is 0 Å². The number of fused-ring (bicyclic) bond motifs is 3. The van der Waals surface area contributed by atoms with Gasteiger partial charge in [0.1, 0.15) is 5.60 Å². The van der Waals surface area contributed by atoms with Gasteiger partial charge in [0.25, 0.3) is 0 Å². The first kappa shape index (κ1) is 13.4. The molecule has 0 aromatic heterocycles. The van der Waals surface area contributed by atoms with Crippen molar-refractivity contribution in [3.05, 3.63) is 24.3 Å². The molecule has 5 nitrogen and oxygen atoms in total. The van der Waals surface area contributed by atoms with E-state index in [1.165, 1.54) is 12.2 Å². The van der Waals surface area contributed by atoms with E-state index in [0.717, 1.165) is 0 Å². The Bertz CT molecular complexity index is 536. The van der Waals surface area contributed by atoms with Crippen molar-refractivity contribution in [2.45, 2.75) is 44.0 Å². The topological polar surface area (TPSA) is 72.8 Å². The smallest absolute Gasteiger partial charge is 0.334 e. The highest BCUT2D eigenvalue weighted by atomic mass is 16.6. The lowest BCUT2D eigenvalue weighted by atomic mass is 9.71. The molecule has 0 radical (unpaired) electrons. The number of aliphatic hydroxyl groups is 1. The summed E-state index contributed by atoms with van der Waals surface area (Å²) in [6, 6.07) is 0. The molecule has 108 valence electrons. The van der Waals surface area contributed by atoms with Crippen molar-refractivity contribution in [2.24, 2.45) is 11.8 Å². The average molecular weight is 278 g/mol. The summed E-state index contributed by atoms with van der Waals surface area (Å²) in [7, 11) is 0. The van der Waals surface area contributed by atoms with Crippen LogP contribution in [-0.2, 0) is 19.1 Å². The van der Waals surface area contributed by atoms with Crippen molar-refractivity contribution >= 4 is 11.9 Å². The highest BCUT2D eigenvalue weighted by molar-refractivity contribution is 5.91. The molecule has 0 bridgehead atoms. The van der Waals surface area contributed by atoms with Gasteiger partial charge in [-0.1, -0.05) is 13.5 Å². The van der Waals surface area contributed by atoms with Gasteiger partial charge in [-0.25, -0.2) is 9.59 Å². The van der Waals surface area contributed by atoms with Crippen LogP contribution in [0.2, 0.25) is 0 Å². The number of esters is 2. The van der Waals surface area contributed by atoms with Gasteiger partial charge in [0.15, 0.2) is 11.7 Å². The molecule has 0 amide bonds. The molecule has 0 aromatic rings. The van der Waals surface area contributed by atoms with E-state index in [9.17, 15) is 14.7 Å². The van der Waals surface area contributed by atoms with E-state index in [0.29, 0.717) is 18.4 Å². The monoisotopic (exact) mass is 278 g/mol. The standard InChI is InChI=1S/C15H18O5/c1-8-4-5-10-9(2)13(17)19-12(10)14(3)15(8,18)7-6-11(16)20-14/h6-8,10,12,18H,2,4-5H2,1,3H3/t8-,10-,12+,14-,15+/m0/s1. The zero-order valence-corrected chi connectivity index (χ0v) is 11.6. The molecule has 0 unspecified atom stereocenters. The highest BCUT2D eigenvalue weighted by Crippen LogP contribution is 2.51. The first-order valence-corrected chi connectivity index (χ1v) is 6.84. The number of carbonyl (C=O) groups is 2. The Kier molecular flexibility index (Phi) is 2.64. The molecule has 2 fully saturated rings. The third kappa shape index (κ3) is 1.47. The van der Waals surface area contributed by atoms with Crippen molar-refractivity contribution in [1.29, 1.82) is 0 Å². The average Bonchev–Trinajstić information content (AvgIpc) is 2.64. The van der Waals surface area contributed by atoms with Crippen LogP contribution in [0.15, 0.2) is 24.3 Å². The van der Waals surface area contributed by atoms with Crippen LogP contribution in [-0.4, -0.2) is 34.4 Å². The Labute approximate surface area is 117 Å². The van der Waals surface area contributed by atoms with Crippen LogP contribution in [0.1, 0.15) is 26.7 Å². The number of ether oxygens (including phenoxy) is 2. The normalized spacial score (nSPS) is 47.1. The number of carbonyl (C=O) groups excluding carboxylic acids is 2. The van der Waals surface area contributed by atoms with Crippen LogP contribution in [0.5, 0.6) is 0 Å². The Hall–Kier alpha value is -1.62. The van der Waals surface area contributed by atoms with Gasteiger partial charge >= 0.3 is 11.9 Å². The summed E-state index contributed by atoms with van der Waals surface area (Å²) in [5.74, 6) is -1.33. The summed E-state index contributed by atoms with van der Waals surface area (Å²) in [6.45, 7) is 7.33. The van der Waals surface area contributed by atoms with Gasteiger partial charge in [0.05, 0.1) is 0 Å². The van der Waals surface area contributed by atoms with Crippen LogP contribution in [0.3, 0.4) is 0 Å². The van der Waals surface area contributed by atoms with Gasteiger partial charge in [0, 0.05) is 17.6 Å². The molecule has 5 atom stereocenters. The number of hydrogen-bond acceptors (Lipinski definition) is 5. The van der Waals surface area contributed by atoms with Crippen molar-refractivity contribution in [3.8, 4) is 0 Å². The van der Waals surface area contributed by atoms with E-state index < -0.39 is 29.2 Å². The molecule has 1 saturated carbocycles. The van der Waals surface area contributed by atoms with Crippen LogP contribution >= 0.6 is 0 Å². The second kappa shape index (κ2) is 3.95. The molecule has 5 heteroatoms. The highest BCUT2D eigenvalue weighted by Gasteiger charge is 2.65. The molecular weight excluding hydrogens is 260 g/mol. The summed E-state index contributed by atoms with van der Waals surface area (Å²) in [5, 5.41) is 11.1. The fourth-order valence-electron chi connectivity index (χ4n) is 3.70. The molecule has 1 saturated heterocycles. The molecule has 0 aromatic carbocycles. The van der Waals surface area contributed by atoms with Gasteiger partial charge in [-0.05, 0) is 31.8 Å². The maximum absolute atomic E-state index is 11.8. The maximum Gasteiger partial charge on any atom is 0.334 e. The molecule has 1 N–H and O–H groups in total. The van der Waals surface area contributed by atoms with Crippen molar-refractivity contribution < 1.29 is 24.2 Å². The zero-order valence-electron chi connectivity index (χ0n) is 11.6. The van der Waals surface area contributed by atoms with Crippen molar-refractivity contribution in [1.82, 2.24) is 0 Å². The molecule has 2 aliphatic heterocycles. The van der Waals surface area contributed by atoms with E-state index in [2.05, 4.69) is 6.58 Å². The zero-order chi connectivity index (χ0) is 14.7. The Balaban J connectivity index is 2.14. The number of hydrogen-bond donors (Lipinski definition) is 1. The summed E-state index contributed by atoms with van der Waals surface area (Å²) in [5.41, 5.74) is -2.22. The predicted molar refractivity (Wildman–Crippen MR) is 69.5 cm³/mol. The van der Waals surface area contributed by atoms with Crippen LogP contribution in [0, 0.1) is 11.8 Å². The van der Waals surface area contributed by atoms with Crippen LogP contribution < -0.4 is 0 Å². The first-order chi connectivity index (χ1) is 9.29. The van der Waals surface area contributed by atoms with E-state index in [1.807, 2.05) is 6.92 Å². The van der Waals surface area contributed by atoms with Gasteiger partial charge in [0.2, 0.25) is 0 Å². The lowest BCUT2D eigenvalue weighted by molar-refractivity contribution is -0.222. The molecule has 0 spiro atoms. The van der Waals surface area contributed by atoms with E-state index in [-0.39, 0.29) is 11.8 Å². The van der Waals surface area contributed by atoms with Gasteiger partial charge < -0.3 is 14.6 Å². The SMILES string of the molecule is C=C1C(=O)O[C@@H]2[C@H]1CC[C@H](C)[C@]1(O)C=CC(=O)O[C@@]21C. The van der Waals surface area contributed by atoms with E-state index in [1.54, 1.807) is 6.92 Å². The Morgan fingerprint density at radius 2 is 2.10 bits per heavy atom. The lowest BCUT2D eigenvalue weighted by Gasteiger charge is -2.48. The lowest BCUT2D eigenvalue weighted by Crippen LogP contribution is -2.65. The Morgan fingerprint density at radius 1 is 1.40 bits per heavy atom. The Morgan fingerprint density at radius 3 is 2.80 bits per heavy atom. The van der Waals surface area contributed by atoms with Gasteiger partial charge in [-0.3, -0.25) is 0 Å².